The zero-order valence-corrected chi connectivity index (χ0v) is 15.4. The summed E-state index contributed by atoms with van der Waals surface area (Å²) in [5, 5.41) is 13.8. The Kier molecular flexibility index (Phi) is 5.94. The largest absolute Gasteiger partial charge is 0.443 e. The molecule has 0 saturated heterocycles. The van der Waals surface area contributed by atoms with Crippen molar-refractivity contribution in [3.63, 3.8) is 0 Å². The monoisotopic (exact) mass is 391 g/mol. The van der Waals surface area contributed by atoms with E-state index in [0.717, 1.165) is 0 Å². The highest BCUT2D eigenvalue weighted by Crippen LogP contribution is 2.28. The number of amides is 1. The molecule has 0 unspecified atom stereocenters. The van der Waals surface area contributed by atoms with E-state index < -0.39 is 22.9 Å². The van der Waals surface area contributed by atoms with Crippen LogP contribution in [0.3, 0.4) is 0 Å². The van der Waals surface area contributed by atoms with Gasteiger partial charge in [0.15, 0.2) is 0 Å². The van der Waals surface area contributed by atoms with Crippen molar-refractivity contribution in [3.8, 4) is 0 Å². The third-order valence-corrected chi connectivity index (χ3v) is 4.05. The number of aryl methyl sites for hydroxylation is 1. The molecule has 2 aromatic carbocycles. The van der Waals surface area contributed by atoms with Gasteiger partial charge in [-0.1, -0.05) is 42.5 Å². The fraction of sp³-hybridized carbons (Fsp3) is 0.0952. The minimum Gasteiger partial charge on any atom is -0.443 e. The number of hydrogen-bond donors (Lipinski definition) is 1. The number of rotatable bonds is 6. The summed E-state index contributed by atoms with van der Waals surface area (Å²) in [6.45, 7) is 1.71. The summed E-state index contributed by atoms with van der Waals surface area (Å²) < 4.78 is 5.40. The Labute approximate surface area is 166 Å². The van der Waals surface area contributed by atoms with Crippen LogP contribution < -0.4 is 5.32 Å². The van der Waals surface area contributed by atoms with Gasteiger partial charge in [0.05, 0.1) is 4.92 Å². The van der Waals surface area contributed by atoms with Crippen molar-refractivity contribution in [2.75, 3.05) is 5.32 Å². The first kappa shape index (κ1) is 19.7. The highest BCUT2D eigenvalue weighted by atomic mass is 16.6. The number of benzene rings is 2. The molecule has 0 bridgehead atoms. The molecule has 146 valence electrons. The molecule has 0 fully saturated rings. The predicted octanol–water partition coefficient (Wildman–Crippen LogP) is 3.84. The zero-order valence-electron chi connectivity index (χ0n) is 15.4. The molecule has 1 atom stereocenters. The fourth-order valence-corrected chi connectivity index (χ4v) is 2.65. The lowest BCUT2D eigenvalue weighted by molar-refractivity contribution is -0.384. The van der Waals surface area contributed by atoms with E-state index >= 15 is 0 Å². The molecular weight excluding hydrogens is 374 g/mol. The van der Waals surface area contributed by atoms with Gasteiger partial charge < -0.3 is 10.1 Å². The average molecular weight is 391 g/mol. The molecule has 0 saturated carbocycles. The molecule has 8 nitrogen and oxygen atoms in total. The number of nitrogens with one attached hydrogen (secondary N) is 1. The number of esters is 1. The van der Waals surface area contributed by atoms with Crippen molar-refractivity contribution < 1.29 is 19.2 Å². The topological polar surface area (TPSA) is 111 Å². The van der Waals surface area contributed by atoms with Crippen molar-refractivity contribution in [3.05, 3.63) is 99.9 Å². The third kappa shape index (κ3) is 4.81. The summed E-state index contributed by atoms with van der Waals surface area (Å²) >= 11 is 0. The number of aromatic nitrogens is 1. The summed E-state index contributed by atoms with van der Waals surface area (Å²) in [6, 6.07) is 17.6. The smallest absolute Gasteiger partial charge is 0.358 e. The molecule has 0 aliphatic carbocycles. The average Bonchev–Trinajstić information content (AvgIpc) is 2.74. The van der Waals surface area contributed by atoms with Gasteiger partial charge in [0.1, 0.15) is 11.4 Å². The van der Waals surface area contributed by atoms with Crippen LogP contribution in [-0.2, 0) is 9.53 Å². The van der Waals surface area contributed by atoms with Crippen LogP contribution in [0.25, 0.3) is 0 Å². The number of ether oxygens (including phenoxy) is 1. The summed E-state index contributed by atoms with van der Waals surface area (Å²) in [5.74, 6) is -1.50. The summed E-state index contributed by atoms with van der Waals surface area (Å²) in [4.78, 5) is 40.0. The lowest BCUT2D eigenvalue weighted by Gasteiger charge is -2.18. The van der Waals surface area contributed by atoms with Gasteiger partial charge in [-0.25, -0.2) is 9.78 Å². The van der Waals surface area contributed by atoms with E-state index in [-0.39, 0.29) is 17.1 Å². The summed E-state index contributed by atoms with van der Waals surface area (Å²) in [7, 11) is 0. The van der Waals surface area contributed by atoms with Gasteiger partial charge in [-0.05, 0) is 30.7 Å². The lowest BCUT2D eigenvalue weighted by atomic mass is 10.1. The molecule has 0 spiro atoms. The van der Waals surface area contributed by atoms with E-state index in [2.05, 4.69) is 10.3 Å². The molecule has 8 heteroatoms. The van der Waals surface area contributed by atoms with Gasteiger partial charge in [-0.15, -0.1) is 0 Å². The molecule has 3 rings (SSSR count). The summed E-state index contributed by atoms with van der Waals surface area (Å²) in [5.41, 5.74) is 0.907. The quantitative estimate of drug-likeness (QED) is 0.388. The molecule has 0 aliphatic rings. The highest BCUT2D eigenvalue weighted by Gasteiger charge is 2.28. The first-order chi connectivity index (χ1) is 14.0. The molecule has 1 amide bonds. The van der Waals surface area contributed by atoms with Crippen LogP contribution in [0.4, 0.5) is 11.4 Å². The van der Waals surface area contributed by atoms with Crippen LogP contribution in [-0.4, -0.2) is 21.8 Å². The Bertz CT molecular complexity index is 1040. The lowest BCUT2D eigenvalue weighted by Crippen LogP contribution is -2.26. The maximum Gasteiger partial charge on any atom is 0.358 e. The van der Waals surface area contributed by atoms with Crippen LogP contribution in [0.2, 0.25) is 0 Å². The number of carbonyl (C=O) groups excluding carboxylic acids is 2. The maximum atomic E-state index is 12.9. The van der Waals surface area contributed by atoms with Gasteiger partial charge in [-0.2, -0.15) is 0 Å². The number of anilines is 1. The summed E-state index contributed by atoms with van der Waals surface area (Å²) in [6.07, 6.45) is 0.121. The Hall–Kier alpha value is -4.07. The zero-order chi connectivity index (χ0) is 20.8. The second-order valence-electron chi connectivity index (χ2n) is 6.18. The van der Waals surface area contributed by atoms with Crippen molar-refractivity contribution in [1.29, 1.82) is 0 Å². The maximum absolute atomic E-state index is 12.9. The first-order valence-corrected chi connectivity index (χ1v) is 8.68. The second-order valence-corrected chi connectivity index (χ2v) is 6.18. The molecule has 0 aliphatic heterocycles. The van der Waals surface area contributed by atoms with Crippen molar-refractivity contribution in [2.24, 2.45) is 0 Å². The second kappa shape index (κ2) is 8.75. The van der Waals surface area contributed by atoms with E-state index in [1.807, 2.05) is 0 Å². The van der Waals surface area contributed by atoms with Crippen LogP contribution in [0, 0.1) is 17.0 Å². The molecule has 29 heavy (non-hydrogen) atoms. The van der Waals surface area contributed by atoms with E-state index in [1.54, 1.807) is 55.5 Å². The number of carbonyl (C=O) groups is 2. The highest BCUT2D eigenvalue weighted by molar-refractivity contribution is 5.99. The predicted molar refractivity (Wildman–Crippen MR) is 105 cm³/mol. The Morgan fingerprint density at radius 3 is 2.45 bits per heavy atom. The molecule has 3 aromatic rings. The number of pyridine rings is 1. The van der Waals surface area contributed by atoms with E-state index in [0.29, 0.717) is 11.1 Å². The van der Waals surface area contributed by atoms with Crippen molar-refractivity contribution in [2.45, 2.75) is 13.0 Å². The van der Waals surface area contributed by atoms with E-state index in [9.17, 15) is 19.7 Å². The molecular formula is C21H17N3O5. The number of nitro benzene ring substituents is 1. The van der Waals surface area contributed by atoms with Crippen molar-refractivity contribution >= 4 is 23.3 Å². The number of hydrogen-bond acceptors (Lipinski definition) is 6. The standard InChI is InChI=1S/C21H17N3O5/c1-14-10-11-16(18(13-14)24(27)28)23-20(25)19(15-7-3-2-4-8-15)29-21(26)17-9-5-6-12-22-17/h2-13,19H,1H3,(H,23,25)/t19-/m1/s1. The number of nitro groups is 1. The minimum absolute atomic E-state index is 0.0143. The van der Waals surface area contributed by atoms with Gasteiger partial charge >= 0.3 is 5.97 Å². The molecule has 1 aromatic heterocycles. The van der Waals surface area contributed by atoms with Gasteiger partial charge in [0, 0.05) is 17.8 Å². The minimum atomic E-state index is -1.31. The first-order valence-electron chi connectivity index (χ1n) is 8.68. The van der Waals surface area contributed by atoms with E-state index in [1.165, 1.54) is 24.4 Å². The Balaban J connectivity index is 1.90. The normalized spacial score (nSPS) is 11.3. The van der Waals surface area contributed by atoms with Crippen molar-refractivity contribution in [1.82, 2.24) is 4.98 Å². The number of nitrogens with zero attached hydrogens (tertiary/aromatic N) is 2. The van der Waals surface area contributed by atoms with Gasteiger partial charge in [0.2, 0.25) is 6.10 Å². The van der Waals surface area contributed by atoms with Gasteiger partial charge in [-0.3, -0.25) is 14.9 Å². The molecule has 1 N–H and O–H groups in total. The van der Waals surface area contributed by atoms with Crippen LogP contribution in [0.1, 0.15) is 27.7 Å². The molecule has 0 radical (unpaired) electrons. The van der Waals surface area contributed by atoms with Crippen LogP contribution >= 0.6 is 0 Å². The van der Waals surface area contributed by atoms with Gasteiger partial charge in [0.25, 0.3) is 11.6 Å². The van der Waals surface area contributed by atoms with Crippen LogP contribution in [0.5, 0.6) is 0 Å². The van der Waals surface area contributed by atoms with Crippen LogP contribution in [0.15, 0.2) is 72.9 Å². The Morgan fingerprint density at radius 2 is 1.79 bits per heavy atom. The molecule has 1 heterocycles. The fourth-order valence-electron chi connectivity index (χ4n) is 2.65. The Morgan fingerprint density at radius 1 is 1.07 bits per heavy atom. The third-order valence-electron chi connectivity index (χ3n) is 4.05. The van der Waals surface area contributed by atoms with E-state index in [4.69, 9.17) is 4.74 Å². The SMILES string of the molecule is Cc1ccc(NC(=O)[C@H](OC(=O)c2ccccn2)c2ccccc2)c([N+](=O)[O-])c1.